The first-order valence-corrected chi connectivity index (χ1v) is 7.07. The third kappa shape index (κ3) is 3.96. The van der Waals surface area contributed by atoms with Gasteiger partial charge in [0.2, 0.25) is 0 Å². The molecule has 0 unspecified atom stereocenters. The second-order valence-electron chi connectivity index (χ2n) is 5.39. The minimum Gasteiger partial charge on any atom is -0.399 e. The van der Waals surface area contributed by atoms with Gasteiger partial charge in [0, 0.05) is 12.2 Å². The summed E-state index contributed by atoms with van der Waals surface area (Å²) in [6.07, 6.45) is 0. The Morgan fingerprint density at radius 2 is 1.50 bits per heavy atom. The number of hydrogen-bond donors (Lipinski definition) is 2. The molecule has 0 bridgehead atoms. The molecule has 0 spiro atoms. The van der Waals surface area contributed by atoms with Gasteiger partial charge in [-0.25, -0.2) is 0 Å². The van der Waals surface area contributed by atoms with Crippen molar-refractivity contribution in [2.45, 2.75) is 27.7 Å². The molecule has 2 nitrogen and oxygen atoms in total. The van der Waals surface area contributed by atoms with Crippen molar-refractivity contribution < 1.29 is 0 Å². The predicted molar refractivity (Wildman–Crippen MR) is 82.5 cm³/mol. The molecule has 0 aliphatic heterocycles. The molecule has 3 N–H and O–H groups in total. The number of halogens is 2. The topological polar surface area (TPSA) is 38.0 Å². The van der Waals surface area contributed by atoms with E-state index in [0.717, 1.165) is 12.2 Å². The average Bonchev–Trinajstić information content (AvgIpc) is 2.20. The molecule has 102 valence electrons. The number of hydrogen-bond acceptors (Lipinski definition) is 2. The number of nitrogen functional groups attached to an aromatic ring is 1. The lowest BCUT2D eigenvalue weighted by Gasteiger charge is -2.26. The minimum atomic E-state index is 0.575. The van der Waals surface area contributed by atoms with Crippen molar-refractivity contribution in [3.8, 4) is 0 Å². The summed E-state index contributed by atoms with van der Waals surface area (Å²) in [5, 5.41) is 4.50. The molecule has 0 amide bonds. The first-order chi connectivity index (χ1) is 8.32. The predicted octanol–water partition coefficient (Wildman–Crippen LogP) is 4.92. The van der Waals surface area contributed by atoms with E-state index in [1.807, 2.05) is 0 Å². The lowest BCUT2D eigenvalue weighted by Crippen LogP contribution is -2.24. The zero-order valence-corrected chi connectivity index (χ0v) is 12.9. The van der Waals surface area contributed by atoms with Crippen LogP contribution in [0.1, 0.15) is 27.7 Å². The summed E-state index contributed by atoms with van der Waals surface area (Å²) in [4.78, 5) is 0. The fourth-order valence-electron chi connectivity index (χ4n) is 2.22. The van der Waals surface area contributed by atoms with Crippen LogP contribution in [-0.4, -0.2) is 6.54 Å². The van der Waals surface area contributed by atoms with E-state index in [-0.39, 0.29) is 0 Å². The zero-order chi connectivity index (χ0) is 13.9. The van der Waals surface area contributed by atoms with Crippen LogP contribution in [0, 0.1) is 17.8 Å². The fraction of sp³-hybridized carbons (Fsp3) is 0.571. The largest absolute Gasteiger partial charge is 0.399 e. The smallest absolute Gasteiger partial charge is 0.0720 e. The fourth-order valence-corrected chi connectivity index (χ4v) is 2.86. The van der Waals surface area contributed by atoms with Crippen molar-refractivity contribution in [1.82, 2.24) is 0 Å². The summed E-state index contributed by atoms with van der Waals surface area (Å²) >= 11 is 12.3. The highest BCUT2D eigenvalue weighted by Crippen LogP contribution is 2.33. The highest BCUT2D eigenvalue weighted by molar-refractivity contribution is 6.39. The molecule has 0 radical (unpaired) electrons. The molecule has 0 aromatic heterocycles. The number of rotatable bonds is 5. The first kappa shape index (κ1) is 15.5. The number of nitrogens with one attached hydrogen (secondary N) is 1. The Labute approximate surface area is 120 Å². The van der Waals surface area contributed by atoms with E-state index >= 15 is 0 Å². The molecule has 1 aromatic rings. The molecule has 0 atom stereocenters. The van der Waals surface area contributed by atoms with Crippen molar-refractivity contribution in [3.63, 3.8) is 0 Å². The van der Waals surface area contributed by atoms with Gasteiger partial charge < -0.3 is 11.1 Å². The number of benzene rings is 1. The van der Waals surface area contributed by atoms with Crippen molar-refractivity contribution >= 4 is 34.6 Å². The second kappa shape index (κ2) is 6.53. The lowest BCUT2D eigenvalue weighted by atomic mass is 9.85. The van der Waals surface area contributed by atoms with Gasteiger partial charge in [-0.2, -0.15) is 0 Å². The third-order valence-corrected chi connectivity index (χ3v) is 3.89. The first-order valence-electron chi connectivity index (χ1n) is 6.31. The Morgan fingerprint density at radius 1 is 1.06 bits per heavy atom. The van der Waals surface area contributed by atoms with Gasteiger partial charge in [0.15, 0.2) is 0 Å². The summed E-state index contributed by atoms with van der Waals surface area (Å²) < 4.78 is 0. The highest BCUT2D eigenvalue weighted by atomic mass is 35.5. The maximum atomic E-state index is 6.15. The average molecular weight is 289 g/mol. The van der Waals surface area contributed by atoms with Gasteiger partial charge in [-0.1, -0.05) is 50.9 Å². The van der Waals surface area contributed by atoms with E-state index < -0.39 is 0 Å². The van der Waals surface area contributed by atoms with Crippen molar-refractivity contribution in [3.05, 3.63) is 22.2 Å². The van der Waals surface area contributed by atoms with Crippen LogP contribution in [-0.2, 0) is 0 Å². The van der Waals surface area contributed by atoms with E-state index in [9.17, 15) is 0 Å². The Morgan fingerprint density at radius 3 is 1.89 bits per heavy atom. The van der Waals surface area contributed by atoms with Gasteiger partial charge in [-0.05, 0) is 29.9 Å². The van der Waals surface area contributed by atoms with E-state index in [0.29, 0.717) is 33.5 Å². The maximum Gasteiger partial charge on any atom is 0.0720 e. The van der Waals surface area contributed by atoms with Crippen molar-refractivity contribution in [2.24, 2.45) is 17.8 Å². The SMILES string of the molecule is CC(C)C(CNc1c(Cl)cc(N)cc1Cl)C(C)C. The van der Waals surface area contributed by atoms with Crippen LogP contribution in [0.15, 0.2) is 12.1 Å². The molecule has 4 heteroatoms. The quantitative estimate of drug-likeness (QED) is 0.755. The number of anilines is 2. The molecular weight excluding hydrogens is 267 g/mol. The van der Waals surface area contributed by atoms with Gasteiger partial charge in [0.05, 0.1) is 15.7 Å². The Hall–Kier alpha value is -0.600. The van der Waals surface area contributed by atoms with Crippen LogP contribution in [0.3, 0.4) is 0 Å². The van der Waals surface area contributed by atoms with E-state index in [4.69, 9.17) is 28.9 Å². The highest BCUT2D eigenvalue weighted by Gasteiger charge is 2.18. The second-order valence-corrected chi connectivity index (χ2v) is 6.21. The van der Waals surface area contributed by atoms with Gasteiger partial charge in [-0.3, -0.25) is 0 Å². The summed E-state index contributed by atoms with van der Waals surface area (Å²) in [5.74, 6) is 1.81. The molecule has 18 heavy (non-hydrogen) atoms. The molecule has 0 aliphatic carbocycles. The maximum absolute atomic E-state index is 6.15. The van der Waals surface area contributed by atoms with Crippen LogP contribution in [0.5, 0.6) is 0 Å². The molecule has 0 fully saturated rings. The molecule has 1 rings (SSSR count). The molecular formula is C14H22Cl2N2. The summed E-state index contributed by atoms with van der Waals surface area (Å²) in [7, 11) is 0. The van der Waals surface area contributed by atoms with E-state index in [1.54, 1.807) is 12.1 Å². The zero-order valence-electron chi connectivity index (χ0n) is 11.4. The third-order valence-electron chi connectivity index (χ3n) is 3.29. The van der Waals surface area contributed by atoms with Gasteiger partial charge in [-0.15, -0.1) is 0 Å². The monoisotopic (exact) mass is 288 g/mol. The van der Waals surface area contributed by atoms with Crippen LogP contribution >= 0.6 is 23.2 Å². The molecule has 0 saturated heterocycles. The van der Waals surface area contributed by atoms with E-state index in [1.165, 1.54) is 0 Å². The molecule has 0 aliphatic rings. The lowest BCUT2D eigenvalue weighted by molar-refractivity contribution is 0.304. The van der Waals surface area contributed by atoms with Gasteiger partial charge >= 0.3 is 0 Å². The van der Waals surface area contributed by atoms with Crippen LogP contribution in [0.4, 0.5) is 11.4 Å². The van der Waals surface area contributed by atoms with Gasteiger partial charge in [0.1, 0.15) is 0 Å². The molecule has 0 heterocycles. The van der Waals surface area contributed by atoms with Crippen LogP contribution in [0.2, 0.25) is 10.0 Å². The molecule has 1 aromatic carbocycles. The molecule has 0 saturated carbocycles. The summed E-state index contributed by atoms with van der Waals surface area (Å²) in [5.41, 5.74) is 7.04. The standard InChI is InChI=1S/C14H22Cl2N2/c1-8(2)11(9(3)4)7-18-14-12(15)5-10(17)6-13(14)16/h5-6,8-9,11,18H,7,17H2,1-4H3. The van der Waals surface area contributed by atoms with Crippen LogP contribution in [0.25, 0.3) is 0 Å². The minimum absolute atomic E-state index is 0.575. The summed E-state index contributed by atoms with van der Waals surface area (Å²) in [6, 6.07) is 3.44. The van der Waals surface area contributed by atoms with Gasteiger partial charge in [0.25, 0.3) is 0 Å². The van der Waals surface area contributed by atoms with Crippen molar-refractivity contribution in [2.75, 3.05) is 17.6 Å². The Bertz CT molecular complexity index is 372. The Kier molecular flexibility index (Phi) is 5.61. The van der Waals surface area contributed by atoms with Crippen molar-refractivity contribution in [1.29, 1.82) is 0 Å². The van der Waals surface area contributed by atoms with E-state index in [2.05, 4.69) is 33.0 Å². The number of nitrogens with two attached hydrogens (primary N) is 1. The van der Waals surface area contributed by atoms with Crippen LogP contribution < -0.4 is 11.1 Å². The summed E-state index contributed by atoms with van der Waals surface area (Å²) in [6.45, 7) is 9.80. The normalized spacial score (nSPS) is 11.6. The Balaban J connectivity index is 2.80.